The van der Waals surface area contributed by atoms with Gasteiger partial charge in [-0.2, -0.15) is 0 Å². The van der Waals surface area contributed by atoms with Crippen LogP contribution in [0, 0.1) is 0 Å². The second-order valence-corrected chi connectivity index (χ2v) is 6.09. The Morgan fingerprint density at radius 1 is 1.00 bits per heavy atom. The summed E-state index contributed by atoms with van der Waals surface area (Å²) in [4.78, 5) is 37.9. The lowest BCUT2D eigenvalue weighted by Crippen LogP contribution is -2.32. The maximum atomic E-state index is 12.2. The van der Waals surface area contributed by atoms with E-state index in [4.69, 9.17) is 9.47 Å². The molecule has 2 aromatic carbocycles. The van der Waals surface area contributed by atoms with Gasteiger partial charge in [0.1, 0.15) is 12.7 Å². The fourth-order valence-corrected chi connectivity index (χ4v) is 3.10. The van der Waals surface area contributed by atoms with E-state index in [-0.39, 0.29) is 6.61 Å². The third-order valence-electron chi connectivity index (χ3n) is 4.38. The number of carbonyl (C=O) groups is 1. The molecule has 0 bridgehead atoms. The molecule has 1 aliphatic rings. The number of H-pyrrole nitrogens is 1. The van der Waals surface area contributed by atoms with Crippen LogP contribution >= 0.6 is 0 Å². The molecule has 4 rings (SSSR count). The Morgan fingerprint density at radius 3 is 2.44 bits per heavy atom. The molecular formula is C20H16N2O5. The summed E-state index contributed by atoms with van der Waals surface area (Å²) in [6, 6.07) is 17.4. The molecule has 2 atom stereocenters. The molecule has 7 nitrogen and oxygen atoms in total. The summed E-state index contributed by atoms with van der Waals surface area (Å²) in [6.45, 7) is 0.0132. The van der Waals surface area contributed by atoms with Crippen molar-refractivity contribution < 1.29 is 14.3 Å². The van der Waals surface area contributed by atoms with E-state index in [1.165, 1.54) is 16.8 Å². The van der Waals surface area contributed by atoms with Crippen molar-refractivity contribution in [3.8, 4) is 0 Å². The number of hydrogen-bond donors (Lipinski definition) is 1. The van der Waals surface area contributed by atoms with Gasteiger partial charge in [0.15, 0.2) is 6.23 Å². The SMILES string of the molecule is O=C(OC[C@@H]1O[C@H](n2ccc(=O)[nH]c2=O)c2ccccc21)c1ccccc1. The highest BCUT2D eigenvalue weighted by Gasteiger charge is 2.34. The molecule has 136 valence electrons. The van der Waals surface area contributed by atoms with E-state index in [2.05, 4.69) is 4.98 Å². The number of nitrogens with zero attached hydrogens (tertiary/aromatic N) is 1. The maximum absolute atomic E-state index is 12.2. The first-order valence-electron chi connectivity index (χ1n) is 8.41. The Hall–Kier alpha value is -3.45. The minimum atomic E-state index is -0.703. The van der Waals surface area contributed by atoms with Crippen molar-refractivity contribution in [3.05, 3.63) is 104 Å². The lowest BCUT2D eigenvalue weighted by Gasteiger charge is -2.16. The molecule has 7 heteroatoms. The number of esters is 1. The Labute approximate surface area is 153 Å². The van der Waals surface area contributed by atoms with E-state index in [1.54, 1.807) is 24.3 Å². The van der Waals surface area contributed by atoms with Gasteiger partial charge in [0, 0.05) is 17.8 Å². The van der Waals surface area contributed by atoms with Gasteiger partial charge in [-0.1, -0.05) is 42.5 Å². The number of nitrogens with one attached hydrogen (secondary N) is 1. The van der Waals surface area contributed by atoms with Crippen LogP contribution in [0.1, 0.15) is 33.8 Å². The topological polar surface area (TPSA) is 90.4 Å². The van der Waals surface area contributed by atoms with Crippen LogP contribution in [-0.4, -0.2) is 22.1 Å². The van der Waals surface area contributed by atoms with Gasteiger partial charge in [-0.15, -0.1) is 0 Å². The van der Waals surface area contributed by atoms with Crippen LogP contribution in [0.25, 0.3) is 0 Å². The third-order valence-corrected chi connectivity index (χ3v) is 4.38. The number of fused-ring (bicyclic) bond motifs is 1. The van der Waals surface area contributed by atoms with Crippen molar-refractivity contribution >= 4 is 5.97 Å². The quantitative estimate of drug-likeness (QED) is 0.715. The van der Waals surface area contributed by atoms with Gasteiger partial charge >= 0.3 is 11.7 Å². The summed E-state index contributed by atoms with van der Waals surface area (Å²) < 4.78 is 12.7. The van der Waals surface area contributed by atoms with Crippen molar-refractivity contribution in [2.45, 2.75) is 12.3 Å². The van der Waals surface area contributed by atoms with E-state index >= 15 is 0 Å². The fourth-order valence-electron chi connectivity index (χ4n) is 3.10. The Balaban J connectivity index is 1.58. The monoisotopic (exact) mass is 364 g/mol. The summed E-state index contributed by atoms with van der Waals surface area (Å²) in [7, 11) is 0. The first kappa shape index (κ1) is 17.0. The standard InChI is InChI=1S/C20H16N2O5/c23-17-10-11-22(20(25)21-17)18-15-9-5-4-8-14(15)16(27-18)12-26-19(24)13-6-2-1-3-7-13/h1-11,16,18H,12H2,(H,21,23,25)/t16-,18-/m0/s1. The van der Waals surface area contributed by atoms with E-state index in [0.717, 1.165) is 11.1 Å². The molecule has 1 aromatic heterocycles. The summed E-state index contributed by atoms with van der Waals surface area (Å²) in [6.07, 6.45) is 0.171. The van der Waals surface area contributed by atoms with E-state index in [9.17, 15) is 14.4 Å². The van der Waals surface area contributed by atoms with Crippen LogP contribution in [-0.2, 0) is 9.47 Å². The van der Waals surface area contributed by atoms with Crippen molar-refractivity contribution in [2.75, 3.05) is 6.61 Å². The van der Waals surface area contributed by atoms with Crippen LogP contribution in [0.15, 0.2) is 76.4 Å². The zero-order valence-corrected chi connectivity index (χ0v) is 14.2. The molecule has 27 heavy (non-hydrogen) atoms. The summed E-state index contributed by atoms with van der Waals surface area (Å²) >= 11 is 0. The predicted octanol–water partition coefficient (Wildman–Crippen LogP) is 2.01. The van der Waals surface area contributed by atoms with Crippen molar-refractivity contribution in [1.82, 2.24) is 9.55 Å². The maximum Gasteiger partial charge on any atom is 0.338 e. The van der Waals surface area contributed by atoms with E-state index < -0.39 is 29.6 Å². The third kappa shape index (κ3) is 3.32. The minimum Gasteiger partial charge on any atom is -0.459 e. The number of aromatic amines is 1. The smallest absolute Gasteiger partial charge is 0.338 e. The number of carbonyl (C=O) groups excluding carboxylic acids is 1. The lowest BCUT2D eigenvalue weighted by atomic mass is 10.0. The lowest BCUT2D eigenvalue weighted by molar-refractivity contribution is -0.0428. The molecule has 0 saturated carbocycles. The number of hydrogen-bond acceptors (Lipinski definition) is 5. The van der Waals surface area contributed by atoms with E-state index in [1.807, 2.05) is 30.3 Å². The minimum absolute atomic E-state index is 0.0132. The zero-order valence-electron chi connectivity index (χ0n) is 14.2. The largest absolute Gasteiger partial charge is 0.459 e. The second kappa shape index (κ2) is 7.05. The normalized spacial score (nSPS) is 18.1. The number of rotatable bonds is 4. The first-order valence-corrected chi connectivity index (χ1v) is 8.41. The molecule has 1 N–H and O–H groups in total. The van der Waals surface area contributed by atoms with Gasteiger partial charge in [0.25, 0.3) is 5.56 Å². The molecule has 0 unspecified atom stereocenters. The van der Waals surface area contributed by atoms with Crippen LogP contribution < -0.4 is 11.2 Å². The van der Waals surface area contributed by atoms with Gasteiger partial charge < -0.3 is 9.47 Å². The summed E-state index contributed by atoms with van der Waals surface area (Å²) in [5, 5.41) is 0. The molecule has 0 spiro atoms. The average Bonchev–Trinajstić information content (AvgIpc) is 3.05. The van der Waals surface area contributed by atoms with Crippen LogP contribution in [0.2, 0.25) is 0 Å². The molecule has 0 amide bonds. The van der Waals surface area contributed by atoms with Crippen molar-refractivity contribution in [1.29, 1.82) is 0 Å². The molecule has 0 saturated heterocycles. The van der Waals surface area contributed by atoms with Gasteiger partial charge in [-0.3, -0.25) is 14.3 Å². The van der Waals surface area contributed by atoms with Crippen molar-refractivity contribution in [3.63, 3.8) is 0 Å². The molecule has 1 aliphatic heterocycles. The van der Waals surface area contributed by atoms with Crippen LogP contribution in [0.5, 0.6) is 0 Å². The molecule has 2 heterocycles. The van der Waals surface area contributed by atoms with Gasteiger partial charge in [-0.25, -0.2) is 9.59 Å². The molecule has 3 aromatic rings. The molecule has 0 radical (unpaired) electrons. The molecule has 0 fully saturated rings. The number of ether oxygens (including phenoxy) is 2. The molecular weight excluding hydrogens is 348 g/mol. The summed E-state index contributed by atoms with van der Waals surface area (Å²) in [5.41, 5.74) is 1.03. The molecule has 0 aliphatic carbocycles. The second-order valence-electron chi connectivity index (χ2n) is 6.09. The number of aromatic nitrogens is 2. The average molecular weight is 364 g/mol. The highest BCUT2D eigenvalue weighted by atomic mass is 16.6. The van der Waals surface area contributed by atoms with Gasteiger partial charge in [0.05, 0.1) is 5.56 Å². The van der Waals surface area contributed by atoms with Crippen LogP contribution in [0.4, 0.5) is 0 Å². The highest BCUT2D eigenvalue weighted by molar-refractivity contribution is 5.89. The van der Waals surface area contributed by atoms with Crippen molar-refractivity contribution in [2.24, 2.45) is 0 Å². The zero-order chi connectivity index (χ0) is 18.8. The Kier molecular flexibility index (Phi) is 4.43. The first-order chi connectivity index (χ1) is 13.1. The van der Waals surface area contributed by atoms with Gasteiger partial charge in [-0.05, 0) is 17.7 Å². The highest BCUT2D eigenvalue weighted by Crippen LogP contribution is 2.39. The van der Waals surface area contributed by atoms with Gasteiger partial charge in [0.2, 0.25) is 0 Å². The summed E-state index contributed by atoms with van der Waals surface area (Å²) in [5.74, 6) is -0.443. The van der Waals surface area contributed by atoms with E-state index in [0.29, 0.717) is 5.56 Å². The number of benzene rings is 2. The Bertz CT molecular complexity index is 1090. The fraction of sp³-hybridized carbons (Fsp3) is 0.150. The van der Waals surface area contributed by atoms with Crippen LogP contribution in [0.3, 0.4) is 0 Å². The Morgan fingerprint density at radius 2 is 1.70 bits per heavy atom. The predicted molar refractivity (Wildman–Crippen MR) is 96.5 cm³/mol.